The number of carbonyl (C=O) groups excluding carboxylic acids is 1. The molecule has 0 saturated carbocycles. The van der Waals surface area contributed by atoms with Gasteiger partial charge in [-0.2, -0.15) is 0 Å². The zero-order chi connectivity index (χ0) is 21.4. The van der Waals surface area contributed by atoms with E-state index in [4.69, 9.17) is 4.74 Å². The van der Waals surface area contributed by atoms with Crippen LogP contribution in [-0.2, 0) is 11.3 Å². The lowest BCUT2D eigenvalue weighted by molar-refractivity contribution is -0.122. The third-order valence-corrected chi connectivity index (χ3v) is 5.78. The summed E-state index contributed by atoms with van der Waals surface area (Å²) in [6, 6.07) is 28.3. The molecule has 0 radical (unpaired) electrons. The van der Waals surface area contributed by atoms with E-state index in [-0.39, 0.29) is 5.91 Å². The first-order chi connectivity index (χ1) is 15.2. The fourth-order valence-electron chi connectivity index (χ4n) is 4.26. The molecule has 1 amide bonds. The number of carbonyl (C=O) groups is 1. The Morgan fingerprint density at radius 2 is 1.58 bits per heavy atom. The number of amides is 1. The Labute approximate surface area is 181 Å². The van der Waals surface area contributed by atoms with Gasteiger partial charge in [0.05, 0.1) is 0 Å². The molecule has 0 aliphatic rings. The minimum absolute atomic E-state index is 0.175. The van der Waals surface area contributed by atoms with Crippen LogP contribution in [0.3, 0.4) is 0 Å². The van der Waals surface area contributed by atoms with Crippen LogP contribution in [0.5, 0.6) is 5.75 Å². The Morgan fingerprint density at radius 3 is 2.42 bits per heavy atom. The normalized spacial score (nSPS) is 12.3. The maximum Gasteiger partial charge on any atom is 0.265 e. The first-order valence-electron chi connectivity index (χ1n) is 10.6. The van der Waals surface area contributed by atoms with E-state index in [0.717, 1.165) is 28.4 Å². The third-order valence-electron chi connectivity index (χ3n) is 5.78. The lowest BCUT2D eigenvalue weighted by atomic mass is 10.1. The van der Waals surface area contributed by atoms with Crippen LogP contribution in [-0.4, -0.2) is 16.6 Å². The summed E-state index contributed by atoms with van der Waals surface area (Å²) in [6.07, 6.45) is -0.626. The first kappa shape index (κ1) is 19.2. The Morgan fingerprint density at radius 1 is 0.871 bits per heavy atom. The van der Waals surface area contributed by atoms with E-state index in [0.29, 0.717) is 5.75 Å². The monoisotopic (exact) mass is 408 g/mol. The van der Waals surface area contributed by atoms with Gasteiger partial charge < -0.3 is 14.6 Å². The number of hydrogen-bond acceptors (Lipinski definition) is 2. The highest BCUT2D eigenvalue weighted by Crippen LogP contribution is 2.31. The number of anilines is 1. The molecule has 0 saturated heterocycles. The Balaban J connectivity index is 1.41. The second kappa shape index (κ2) is 7.80. The predicted molar refractivity (Wildman–Crippen MR) is 128 cm³/mol. The van der Waals surface area contributed by atoms with Gasteiger partial charge in [-0.1, -0.05) is 54.6 Å². The number of hydrogen-bond donors (Lipinski definition) is 1. The van der Waals surface area contributed by atoms with Crippen LogP contribution in [0, 0.1) is 0 Å². The Kier molecular flexibility index (Phi) is 4.83. The van der Waals surface area contributed by atoms with Crippen LogP contribution in [0.2, 0.25) is 0 Å². The Hall–Kier alpha value is -3.79. The number of benzene rings is 4. The highest BCUT2D eigenvalue weighted by Gasteiger charge is 2.17. The molecule has 5 rings (SSSR count). The van der Waals surface area contributed by atoms with Crippen molar-refractivity contribution in [3.05, 3.63) is 84.9 Å². The average molecular weight is 409 g/mol. The second-order valence-corrected chi connectivity index (χ2v) is 7.72. The maximum atomic E-state index is 12.9. The molecule has 1 atom stereocenters. The summed E-state index contributed by atoms with van der Waals surface area (Å²) < 4.78 is 8.32. The molecule has 0 bridgehead atoms. The fourth-order valence-corrected chi connectivity index (χ4v) is 4.26. The van der Waals surface area contributed by atoms with Crippen molar-refractivity contribution in [2.75, 3.05) is 5.32 Å². The van der Waals surface area contributed by atoms with Gasteiger partial charge in [-0.3, -0.25) is 4.79 Å². The van der Waals surface area contributed by atoms with E-state index < -0.39 is 6.10 Å². The van der Waals surface area contributed by atoms with Gasteiger partial charge in [-0.05, 0) is 49.6 Å². The van der Waals surface area contributed by atoms with Crippen LogP contribution in [0.15, 0.2) is 84.9 Å². The summed E-state index contributed by atoms with van der Waals surface area (Å²) in [5.41, 5.74) is 3.14. The number of nitrogens with zero attached hydrogens (tertiary/aromatic N) is 1. The van der Waals surface area contributed by atoms with E-state index in [2.05, 4.69) is 41.1 Å². The van der Waals surface area contributed by atoms with Crippen LogP contribution >= 0.6 is 0 Å². The van der Waals surface area contributed by atoms with E-state index in [1.165, 1.54) is 16.4 Å². The molecular weight excluding hydrogens is 384 g/mol. The number of ether oxygens (including phenoxy) is 1. The lowest BCUT2D eigenvalue weighted by Gasteiger charge is -2.16. The molecule has 1 heterocycles. The van der Waals surface area contributed by atoms with Gasteiger partial charge in [0.1, 0.15) is 5.75 Å². The van der Waals surface area contributed by atoms with Gasteiger partial charge in [0.2, 0.25) is 0 Å². The summed E-state index contributed by atoms with van der Waals surface area (Å²) in [7, 11) is 0. The lowest BCUT2D eigenvalue weighted by Crippen LogP contribution is -2.30. The largest absolute Gasteiger partial charge is 0.480 e. The number of rotatable bonds is 5. The van der Waals surface area contributed by atoms with Crippen molar-refractivity contribution in [2.45, 2.75) is 26.5 Å². The van der Waals surface area contributed by atoms with Gasteiger partial charge >= 0.3 is 0 Å². The summed E-state index contributed by atoms with van der Waals surface area (Å²) >= 11 is 0. The van der Waals surface area contributed by atoms with E-state index in [1.54, 1.807) is 6.92 Å². The quantitative estimate of drug-likeness (QED) is 0.367. The summed E-state index contributed by atoms with van der Waals surface area (Å²) in [4.78, 5) is 12.9. The zero-order valence-electron chi connectivity index (χ0n) is 17.6. The predicted octanol–water partition coefficient (Wildman–Crippen LogP) is 6.37. The molecule has 0 fully saturated rings. The fraction of sp³-hybridized carbons (Fsp3) is 0.148. The van der Waals surface area contributed by atoms with E-state index in [9.17, 15) is 4.79 Å². The molecule has 4 aromatic carbocycles. The van der Waals surface area contributed by atoms with E-state index >= 15 is 0 Å². The molecule has 31 heavy (non-hydrogen) atoms. The SMILES string of the molecule is CCn1c2ccccc2c2cc(NC(=O)C(C)Oc3cccc4ccccc34)ccc21. The zero-order valence-corrected chi connectivity index (χ0v) is 17.6. The summed E-state index contributed by atoms with van der Waals surface area (Å²) in [6.45, 7) is 4.82. The minimum atomic E-state index is -0.626. The number of aryl methyl sites for hydroxylation is 1. The van der Waals surface area contributed by atoms with Gasteiger partial charge in [0.15, 0.2) is 6.10 Å². The van der Waals surface area contributed by atoms with Crippen molar-refractivity contribution in [2.24, 2.45) is 0 Å². The van der Waals surface area contributed by atoms with Crippen molar-refractivity contribution in [3.8, 4) is 5.75 Å². The molecule has 1 unspecified atom stereocenters. The molecule has 4 heteroatoms. The molecule has 0 aliphatic heterocycles. The molecule has 1 N–H and O–H groups in total. The van der Waals surface area contributed by atoms with Gasteiger partial charge in [0.25, 0.3) is 5.91 Å². The second-order valence-electron chi connectivity index (χ2n) is 7.72. The number of nitrogens with one attached hydrogen (secondary N) is 1. The Bertz CT molecular complexity index is 1410. The topological polar surface area (TPSA) is 43.3 Å². The third kappa shape index (κ3) is 3.40. The molecule has 0 spiro atoms. The summed E-state index contributed by atoms with van der Waals surface area (Å²) in [5, 5.41) is 7.43. The average Bonchev–Trinajstić information content (AvgIpc) is 3.12. The summed E-state index contributed by atoms with van der Waals surface area (Å²) in [5.74, 6) is 0.536. The first-order valence-corrected chi connectivity index (χ1v) is 10.6. The highest BCUT2D eigenvalue weighted by atomic mass is 16.5. The number of aromatic nitrogens is 1. The molecule has 0 aliphatic carbocycles. The molecule has 5 aromatic rings. The highest BCUT2D eigenvalue weighted by molar-refractivity contribution is 6.10. The molecule has 154 valence electrons. The number of para-hydroxylation sites is 1. The van der Waals surface area contributed by atoms with Crippen molar-refractivity contribution < 1.29 is 9.53 Å². The van der Waals surface area contributed by atoms with Crippen molar-refractivity contribution in [1.29, 1.82) is 0 Å². The van der Waals surface area contributed by atoms with Crippen molar-refractivity contribution in [1.82, 2.24) is 4.57 Å². The van der Waals surface area contributed by atoms with Crippen LogP contribution in [0.25, 0.3) is 32.6 Å². The van der Waals surface area contributed by atoms with Crippen LogP contribution < -0.4 is 10.1 Å². The van der Waals surface area contributed by atoms with Crippen molar-refractivity contribution in [3.63, 3.8) is 0 Å². The van der Waals surface area contributed by atoms with Crippen molar-refractivity contribution >= 4 is 44.2 Å². The van der Waals surface area contributed by atoms with Crippen LogP contribution in [0.1, 0.15) is 13.8 Å². The van der Waals surface area contributed by atoms with Gasteiger partial charge in [-0.25, -0.2) is 0 Å². The minimum Gasteiger partial charge on any atom is -0.480 e. The standard InChI is InChI=1S/C27H24N2O2/c1-3-29-24-13-7-6-12-22(24)23-17-20(15-16-25(23)29)28-27(30)18(2)31-26-14-8-10-19-9-4-5-11-21(19)26/h4-18H,3H2,1-2H3,(H,28,30). The van der Waals surface area contributed by atoms with Gasteiger partial charge in [-0.15, -0.1) is 0 Å². The molecule has 4 nitrogen and oxygen atoms in total. The van der Waals surface area contributed by atoms with Gasteiger partial charge in [0, 0.05) is 39.4 Å². The van der Waals surface area contributed by atoms with E-state index in [1.807, 2.05) is 60.7 Å². The smallest absolute Gasteiger partial charge is 0.265 e. The number of fused-ring (bicyclic) bond motifs is 4. The van der Waals surface area contributed by atoms with Crippen LogP contribution in [0.4, 0.5) is 5.69 Å². The molecular formula is C27H24N2O2. The molecule has 1 aromatic heterocycles. The maximum absolute atomic E-state index is 12.9.